The van der Waals surface area contributed by atoms with Crippen LogP contribution in [0.15, 0.2) is 28.7 Å². The van der Waals surface area contributed by atoms with Crippen LogP contribution < -0.4 is 5.32 Å². The molecule has 0 bridgehead atoms. The van der Waals surface area contributed by atoms with Crippen LogP contribution in [0, 0.1) is 6.92 Å². The molecule has 0 spiro atoms. The van der Waals surface area contributed by atoms with Gasteiger partial charge in [0.1, 0.15) is 11.3 Å². The molecule has 0 aliphatic carbocycles. The molecule has 0 unspecified atom stereocenters. The topological polar surface area (TPSA) is 25.2 Å². The summed E-state index contributed by atoms with van der Waals surface area (Å²) >= 11 is 0. The third kappa shape index (κ3) is 2.39. The summed E-state index contributed by atoms with van der Waals surface area (Å²) in [6.07, 6.45) is 0. The highest BCUT2D eigenvalue weighted by Gasteiger charge is 2.03. The SMILES string of the molecule is Cc1ccc2cc(CNC(C)C)oc2c1. The van der Waals surface area contributed by atoms with E-state index in [0.29, 0.717) is 6.04 Å². The van der Waals surface area contributed by atoms with Gasteiger partial charge in [0.25, 0.3) is 0 Å². The van der Waals surface area contributed by atoms with E-state index >= 15 is 0 Å². The summed E-state index contributed by atoms with van der Waals surface area (Å²) in [5.74, 6) is 1.00. The van der Waals surface area contributed by atoms with Crippen LogP contribution in [0.3, 0.4) is 0 Å². The van der Waals surface area contributed by atoms with Crippen LogP contribution in [0.4, 0.5) is 0 Å². The van der Waals surface area contributed by atoms with Crippen LogP contribution in [-0.2, 0) is 6.54 Å². The molecule has 1 aromatic heterocycles. The van der Waals surface area contributed by atoms with Gasteiger partial charge in [0.2, 0.25) is 0 Å². The van der Waals surface area contributed by atoms with Gasteiger partial charge in [-0.05, 0) is 24.6 Å². The summed E-state index contributed by atoms with van der Waals surface area (Å²) in [6.45, 7) is 7.14. The first-order chi connectivity index (χ1) is 7.15. The van der Waals surface area contributed by atoms with Crippen molar-refractivity contribution in [3.63, 3.8) is 0 Å². The quantitative estimate of drug-likeness (QED) is 0.828. The second kappa shape index (κ2) is 4.07. The van der Waals surface area contributed by atoms with E-state index in [1.807, 2.05) is 0 Å². The number of rotatable bonds is 3. The molecule has 15 heavy (non-hydrogen) atoms. The number of hydrogen-bond acceptors (Lipinski definition) is 2. The molecule has 0 atom stereocenters. The second-order valence-corrected chi connectivity index (χ2v) is 4.29. The number of benzene rings is 1. The Morgan fingerprint density at radius 2 is 2.07 bits per heavy atom. The van der Waals surface area contributed by atoms with Crippen LogP contribution in [-0.4, -0.2) is 6.04 Å². The van der Waals surface area contributed by atoms with E-state index in [1.165, 1.54) is 10.9 Å². The van der Waals surface area contributed by atoms with Gasteiger partial charge in [-0.3, -0.25) is 0 Å². The number of nitrogens with one attached hydrogen (secondary N) is 1. The first kappa shape index (κ1) is 10.2. The first-order valence-electron chi connectivity index (χ1n) is 5.37. The molecule has 2 rings (SSSR count). The van der Waals surface area contributed by atoms with Gasteiger partial charge in [0.15, 0.2) is 0 Å². The molecule has 80 valence electrons. The van der Waals surface area contributed by atoms with Crippen LogP contribution >= 0.6 is 0 Å². The van der Waals surface area contributed by atoms with E-state index < -0.39 is 0 Å². The zero-order chi connectivity index (χ0) is 10.8. The fraction of sp³-hybridized carbons (Fsp3) is 0.385. The number of furan rings is 1. The number of fused-ring (bicyclic) bond motifs is 1. The Balaban J connectivity index is 2.23. The predicted octanol–water partition coefficient (Wildman–Crippen LogP) is 3.24. The third-order valence-corrected chi connectivity index (χ3v) is 2.41. The van der Waals surface area contributed by atoms with Gasteiger partial charge in [0, 0.05) is 11.4 Å². The first-order valence-corrected chi connectivity index (χ1v) is 5.37. The molecule has 2 heteroatoms. The molecule has 2 aromatic rings. The van der Waals surface area contributed by atoms with Crippen molar-refractivity contribution >= 4 is 11.0 Å². The zero-order valence-corrected chi connectivity index (χ0v) is 9.50. The van der Waals surface area contributed by atoms with Crippen molar-refractivity contribution in [2.45, 2.75) is 33.4 Å². The molecule has 0 aliphatic rings. The smallest absolute Gasteiger partial charge is 0.134 e. The van der Waals surface area contributed by atoms with Crippen LogP contribution in [0.1, 0.15) is 25.2 Å². The summed E-state index contributed by atoms with van der Waals surface area (Å²) in [4.78, 5) is 0. The van der Waals surface area contributed by atoms with Crippen molar-refractivity contribution in [3.8, 4) is 0 Å². The molecule has 1 aromatic carbocycles. The Bertz CT molecular complexity index is 457. The van der Waals surface area contributed by atoms with Gasteiger partial charge < -0.3 is 9.73 Å². The lowest BCUT2D eigenvalue weighted by Crippen LogP contribution is -2.21. The average Bonchev–Trinajstić information content (AvgIpc) is 2.56. The zero-order valence-electron chi connectivity index (χ0n) is 9.50. The Kier molecular flexibility index (Phi) is 2.78. The minimum atomic E-state index is 0.486. The molecular weight excluding hydrogens is 186 g/mol. The Hall–Kier alpha value is -1.28. The minimum absolute atomic E-state index is 0.486. The van der Waals surface area contributed by atoms with Crippen molar-refractivity contribution in [1.29, 1.82) is 0 Å². The molecule has 0 fully saturated rings. The van der Waals surface area contributed by atoms with E-state index in [9.17, 15) is 0 Å². The average molecular weight is 203 g/mol. The molecule has 0 saturated heterocycles. The Morgan fingerprint density at radius 3 is 2.80 bits per heavy atom. The van der Waals surface area contributed by atoms with Crippen LogP contribution in [0.2, 0.25) is 0 Å². The lowest BCUT2D eigenvalue weighted by molar-refractivity contribution is 0.488. The van der Waals surface area contributed by atoms with Gasteiger partial charge in [-0.15, -0.1) is 0 Å². The Labute approximate surface area is 90.3 Å². The van der Waals surface area contributed by atoms with Crippen LogP contribution in [0.5, 0.6) is 0 Å². The molecule has 0 aliphatic heterocycles. The van der Waals surface area contributed by atoms with Crippen molar-refractivity contribution in [2.24, 2.45) is 0 Å². The maximum atomic E-state index is 5.74. The van der Waals surface area contributed by atoms with E-state index in [0.717, 1.165) is 17.9 Å². The van der Waals surface area contributed by atoms with Gasteiger partial charge in [-0.25, -0.2) is 0 Å². The van der Waals surface area contributed by atoms with Crippen molar-refractivity contribution in [2.75, 3.05) is 0 Å². The summed E-state index contributed by atoms with van der Waals surface area (Å²) in [7, 11) is 0. The largest absolute Gasteiger partial charge is 0.460 e. The highest BCUT2D eigenvalue weighted by atomic mass is 16.3. The van der Waals surface area contributed by atoms with Crippen molar-refractivity contribution in [1.82, 2.24) is 5.32 Å². The number of aryl methyl sites for hydroxylation is 1. The highest BCUT2D eigenvalue weighted by molar-refractivity contribution is 5.78. The van der Waals surface area contributed by atoms with Crippen molar-refractivity contribution in [3.05, 3.63) is 35.6 Å². The standard InChI is InChI=1S/C13H17NO/c1-9(2)14-8-12-7-11-5-4-10(3)6-13(11)15-12/h4-7,9,14H,8H2,1-3H3. The lowest BCUT2D eigenvalue weighted by Gasteiger charge is -2.04. The second-order valence-electron chi connectivity index (χ2n) is 4.29. The van der Waals surface area contributed by atoms with Gasteiger partial charge >= 0.3 is 0 Å². The fourth-order valence-electron chi connectivity index (χ4n) is 1.59. The third-order valence-electron chi connectivity index (χ3n) is 2.41. The Morgan fingerprint density at radius 1 is 1.27 bits per heavy atom. The van der Waals surface area contributed by atoms with Crippen LogP contribution in [0.25, 0.3) is 11.0 Å². The molecule has 1 N–H and O–H groups in total. The molecular formula is C13H17NO. The lowest BCUT2D eigenvalue weighted by atomic mass is 10.2. The normalized spacial score (nSPS) is 11.5. The summed E-state index contributed by atoms with van der Waals surface area (Å²) < 4.78 is 5.74. The summed E-state index contributed by atoms with van der Waals surface area (Å²) in [6, 6.07) is 8.88. The maximum Gasteiger partial charge on any atom is 0.134 e. The fourth-order valence-corrected chi connectivity index (χ4v) is 1.59. The van der Waals surface area contributed by atoms with E-state index in [1.54, 1.807) is 0 Å². The van der Waals surface area contributed by atoms with E-state index in [4.69, 9.17) is 4.42 Å². The van der Waals surface area contributed by atoms with Gasteiger partial charge in [0.05, 0.1) is 6.54 Å². The summed E-state index contributed by atoms with van der Waals surface area (Å²) in [5, 5.41) is 4.53. The molecule has 0 radical (unpaired) electrons. The van der Waals surface area contributed by atoms with Crippen molar-refractivity contribution < 1.29 is 4.42 Å². The van der Waals surface area contributed by atoms with E-state index in [2.05, 4.69) is 50.4 Å². The van der Waals surface area contributed by atoms with E-state index in [-0.39, 0.29) is 0 Å². The van der Waals surface area contributed by atoms with Gasteiger partial charge in [-0.1, -0.05) is 26.0 Å². The predicted molar refractivity (Wildman–Crippen MR) is 62.9 cm³/mol. The maximum absolute atomic E-state index is 5.74. The number of hydrogen-bond donors (Lipinski definition) is 1. The minimum Gasteiger partial charge on any atom is -0.460 e. The summed E-state index contributed by atoms with van der Waals surface area (Å²) in [5.41, 5.74) is 2.22. The molecule has 1 heterocycles. The van der Waals surface area contributed by atoms with Gasteiger partial charge in [-0.2, -0.15) is 0 Å². The highest BCUT2D eigenvalue weighted by Crippen LogP contribution is 2.20. The molecule has 2 nitrogen and oxygen atoms in total. The molecule has 0 saturated carbocycles. The molecule has 0 amide bonds. The monoisotopic (exact) mass is 203 g/mol.